The van der Waals surface area contributed by atoms with Gasteiger partial charge in [0.2, 0.25) is 5.79 Å². The van der Waals surface area contributed by atoms with Gasteiger partial charge in [-0.15, -0.1) is 0 Å². The Hall–Kier alpha value is -1.81. The molecular weight excluding hydrogens is 240 g/mol. The number of nitrogens with zero attached hydrogens (tertiary/aromatic N) is 1. The Labute approximate surface area is 112 Å². The average Bonchev–Trinajstić information content (AvgIpc) is 2.90. The summed E-state index contributed by atoms with van der Waals surface area (Å²) in [5.74, 6) is 0.554. The highest BCUT2D eigenvalue weighted by Crippen LogP contribution is 2.39. The lowest BCUT2D eigenvalue weighted by Crippen LogP contribution is -2.36. The van der Waals surface area contributed by atoms with Crippen LogP contribution in [0.15, 0.2) is 30.7 Å². The van der Waals surface area contributed by atoms with E-state index < -0.39 is 5.79 Å². The minimum atomic E-state index is -0.575. The number of aromatic amines is 1. The van der Waals surface area contributed by atoms with Crippen molar-refractivity contribution in [2.75, 3.05) is 0 Å². The molecule has 1 unspecified atom stereocenters. The van der Waals surface area contributed by atoms with Crippen LogP contribution < -0.4 is 4.74 Å². The number of rotatable bonds is 2. The van der Waals surface area contributed by atoms with Crippen LogP contribution >= 0.6 is 0 Å². The number of benzene rings is 1. The van der Waals surface area contributed by atoms with Gasteiger partial charge in [-0.1, -0.05) is 25.1 Å². The highest BCUT2D eigenvalue weighted by molar-refractivity contribution is 5.46. The van der Waals surface area contributed by atoms with Gasteiger partial charge < -0.3 is 14.5 Å². The van der Waals surface area contributed by atoms with E-state index in [1.165, 1.54) is 0 Å². The first-order chi connectivity index (χ1) is 9.07. The highest BCUT2D eigenvalue weighted by atomic mass is 16.7. The molecule has 0 bridgehead atoms. The maximum Gasteiger partial charge on any atom is 0.205 e. The Balaban J connectivity index is 2.03. The number of para-hydroxylation sites is 1. The van der Waals surface area contributed by atoms with Gasteiger partial charge in [-0.2, -0.15) is 0 Å². The van der Waals surface area contributed by atoms with E-state index in [2.05, 4.69) is 23.0 Å². The lowest BCUT2D eigenvalue weighted by atomic mass is 9.94. The second-order valence-corrected chi connectivity index (χ2v) is 5.34. The monoisotopic (exact) mass is 258 g/mol. The molecule has 3 rings (SSSR count). The molecule has 100 valence electrons. The summed E-state index contributed by atoms with van der Waals surface area (Å²) in [4.78, 5) is 7.34. The second kappa shape index (κ2) is 4.38. The van der Waals surface area contributed by atoms with Gasteiger partial charge in [0.05, 0.1) is 18.6 Å². The number of hydrogen-bond donors (Lipinski definition) is 1. The molecule has 1 aliphatic rings. The van der Waals surface area contributed by atoms with Crippen LogP contribution in [0.3, 0.4) is 0 Å². The van der Waals surface area contributed by atoms with E-state index in [1.807, 2.05) is 32.2 Å². The number of imidazole rings is 1. The zero-order valence-corrected chi connectivity index (χ0v) is 11.4. The lowest BCUT2D eigenvalue weighted by molar-refractivity contribution is -0.180. The molecule has 1 atom stereocenters. The standard InChI is InChI=1S/C15H18N2O2/c1-10(13-7-16-9-17-13)12-6-4-5-11-8-18-15(2,3)19-14(11)12/h4-7,9-10H,8H2,1-3H3,(H,16,17). The molecular formula is C15H18N2O2. The highest BCUT2D eigenvalue weighted by Gasteiger charge is 2.30. The summed E-state index contributed by atoms with van der Waals surface area (Å²) in [6.07, 6.45) is 3.63. The van der Waals surface area contributed by atoms with E-state index in [0.717, 1.165) is 22.6 Å². The molecule has 0 amide bonds. The first-order valence-electron chi connectivity index (χ1n) is 6.50. The van der Waals surface area contributed by atoms with Crippen LogP contribution in [-0.2, 0) is 11.3 Å². The number of ether oxygens (including phenoxy) is 2. The summed E-state index contributed by atoms with van der Waals surface area (Å²) in [5, 5.41) is 0. The van der Waals surface area contributed by atoms with Crippen LogP contribution in [0.4, 0.5) is 0 Å². The van der Waals surface area contributed by atoms with Gasteiger partial charge in [-0.05, 0) is 0 Å². The smallest absolute Gasteiger partial charge is 0.205 e. The Bertz CT molecular complexity index is 576. The normalized spacial score (nSPS) is 18.5. The van der Waals surface area contributed by atoms with Gasteiger partial charge in [-0.25, -0.2) is 4.98 Å². The summed E-state index contributed by atoms with van der Waals surface area (Å²) in [6.45, 7) is 6.60. The van der Waals surface area contributed by atoms with Crippen molar-refractivity contribution in [2.24, 2.45) is 0 Å². The Morgan fingerprint density at radius 1 is 1.37 bits per heavy atom. The molecule has 1 N–H and O–H groups in total. The predicted octanol–water partition coefficient (Wildman–Crippen LogP) is 3.21. The minimum absolute atomic E-state index is 0.190. The molecule has 1 aliphatic heterocycles. The van der Waals surface area contributed by atoms with Gasteiger partial charge in [0.25, 0.3) is 0 Å². The molecule has 0 saturated carbocycles. The van der Waals surface area contributed by atoms with Gasteiger partial charge in [0.1, 0.15) is 5.75 Å². The molecule has 0 aliphatic carbocycles. The van der Waals surface area contributed by atoms with Gasteiger partial charge in [-0.3, -0.25) is 0 Å². The predicted molar refractivity (Wildman–Crippen MR) is 72.0 cm³/mol. The van der Waals surface area contributed by atoms with Crippen molar-refractivity contribution in [3.8, 4) is 5.75 Å². The fourth-order valence-electron chi connectivity index (χ4n) is 2.38. The van der Waals surface area contributed by atoms with E-state index in [-0.39, 0.29) is 5.92 Å². The SMILES string of the molecule is CC(c1c[nH]cn1)c1cccc2c1OC(C)(C)OC2. The topological polar surface area (TPSA) is 47.1 Å². The largest absolute Gasteiger partial charge is 0.462 e. The van der Waals surface area contributed by atoms with Crippen LogP contribution in [0, 0.1) is 0 Å². The van der Waals surface area contributed by atoms with E-state index in [4.69, 9.17) is 9.47 Å². The number of H-pyrrole nitrogens is 1. The van der Waals surface area contributed by atoms with E-state index in [0.29, 0.717) is 6.61 Å². The molecule has 0 radical (unpaired) electrons. The van der Waals surface area contributed by atoms with Crippen molar-refractivity contribution in [3.05, 3.63) is 47.5 Å². The zero-order chi connectivity index (χ0) is 13.5. The van der Waals surface area contributed by atoms with Crippen molar-refractivity contribution in [1.29, 1.82) is 0 Å². The molecule has 4 nitrogen and oxygen atoms in total. The molecule has 0 fully saturated rings. The minimum Gasteiger partial charge on any atom is -0.462 e. The number of hydrogen-bond acceptors (Lipinski definition) is 3. The number of aromatic nitrogens is 2. The maximum atomic E-state index is 6.01. The summed E-state index contributed by atoms with van der Waals surface area (Å²) in [7, 11) is 0. The van der Waals surface area contributed by atoms with Crippen molar-refractivity contribution in [1.82, 2.24) is 9.97 Å². The molecule has 2 aromatic rings. The molecule has 0 spiro atoms. The van der Waals surface area contributed by atoms with Crippen LogP contribution in [0.1, 0.15) is 43.5 Å². The van der Waals surface area contributed by atoms with Gasteiger partial charge in [0, 0.05) is 37.1 Å². The Kier molecular flexibility index (Phi) is 2.82. The first-order valence-corrected chi connectivity index (χ1v) is 6.50. The van der Waals surface area contributed by atoms with Crippen LogP contribution in [0.5, 0.6) is 5.75 Å². The molecule has 2 heterocycles. The number of fused-ring (bicyclic) bond motifs is 1. The van der Waals surface area contributed by atoms with E-state index >= 15 is 0 Å². The van der Waals surface area contributed by atoms with Crippen molar-refractivity contribution in [3.63, 3.8) is 0 Å². The number of nitrogens with one attached hydrogen (secondary N) is 1. The molecule has 19 heavy (non-hydrogen) atoms. The third kappa shape index (κ3) is 2.24. The fourth-order valence-corrected chi connectivity index (χ4v) is 2.38. The Morgan fingerprint density at radius 3 is 2.95 bits per heavy atom. The van der Waals surface area contributed by atoms with Crippen LogP contribution in [0.2, 0.25) is 0 Å². The van der Waals surface area contributed by atoms with Gasteiger partial charge >= 0.3 is 0 Å². The third-order valence-electron chi connectivity index (χ3n) is 3.48. The van der Waals surface area contributed by atoms with Crippen molar-refractivity contribution in [2.45, 2.75) is 39.1 Å². The zero-order valence-electron chi connectivity index (χ0n) is 11.4. The summed E-state index contributed by atoms with van der Waals surface area (Å²) >= 11 is 0. The second-order valence-electron chi connectivity index (χ2n) is 5.34. The fraction of sp³-hybridized carbons (Fsp3) is 0.400. The van der Waals surface area contributed by atoms with E-state index in [9.17, 15) is 0 Å². The van der Waals surface area contributed by atoms with E-state index in [1.54, 1.807) is 6.33 Å². The summed E-state index contributed by atoms with van der Waals surface area (Å²) in [5.41, 5.74) is 3.27. The quantitative estimate of drug-likeness (QED) is 0.899. The summed E-state index contributed by atoms with van der Waals surface area (Å²) < 4.78 is 11.7. The molecule has 1 aromatic heterocycles. The van der Waals surface area contributed by atoms with Crippen LogP contribution in [0.25, 0.3) is 0 Å². The summed E-state index contributed by atoms with van der Waals surface area (Å²) in [6, 6.07) is 6.19. The first kappa shape index (κ1) is 12.2. The lowest BCUT2D eigenvalue weighted by Gasteiger charge is -2.34. The molecule has 4 heteroatoms. The maximum absolute atomic E-state index is 6.01. The van der Waals surface area contributed by atoms with Gasteiger partial charge in [0.15, 0.2) is 0 Å². The van der Waals surface area contributed by atoms with Crippen molar-refractivity contribution >= 4 is 0 Å². The van der Waals surface area contributed by atoms with Crippen molar-refractivity contribution < 1.29 is 9.47 Å². The average molecular weight is 258 g/mol. The molecule has 0 saturated heterocycles. The van der Waals surface area contributed by atoms with Crippen LogP contribution in [-0.4, -0.2) is 15.8 Å². The third-order valence-corrected chi connectivity index (χ3v) is 3.48. The molecule has 1 aromatic carbocycles. The Morgan fingerprint density at radius 2 is 2.21 bits per heavy atom.